The highest BCUT2D eigenvalue weighted by molar-refractivity contribution is 7.11. The van der Waals surface area contributed by atoms with Crippen LogP contribution in [-0.2, 0) is 6.54 Å². The smallest absolute Gasteiger partial charge is 0.0900 e. The van der Waals surface area contributed by atoms with E-state index in [0.29, 0.717) is 0 Å². The maximum atomic E-state index is 4.45. The molecule has 1 fully saturated rings. The van der Waals surface area contributed by atoms with Crippen LogP contribution in [0.4, 0.5) is 0 Å². The third-order valence-corrected chi connectivity index (χ3v) is 4.23. The molecule has 1 aromatic heterocycles. The second kappa shape index (κ2) is 4.62. The van der Waals surface area contributed by atoms with Crippen LogP contribution < -0.4 is 5.32 Å². The zero-order valence-corrected chi connectivity index (χ0v) is 10.7. The molecule has 1 aliphatic rings. The van der Waals surface area contributed by atoms with Gasteiger partial charge in [0, 0.05) is 17.5 Å². The van der Waals surface area contributed by atoms with Crippen LogP contribution in [0.1, 0.15) is 41.8 Å². The van der Waals surface area contributed by atoms with E-state index in [1.807, 2.05) is 11.3 Å². The van der Waals surface area contributed by atoms with Crippen molar-refractivity contribution in [3.8, 4) is 0 Å². The van der Waals surface area contributed by atoms with Gasteiger partial charge in [-0.15, -0.1) is 11.3 Å². The molecule has 2 nitrogen and oxygen atoms in total. The predicted molar refractivity (Wildman–Crippen MR) is 65.2 cm³/mol. The highest BCUT2D eigenvalue weighted by Gasteiger charge is 2.29. The zero-order chi connectivity index (χ0) is 10.8. The molecule has 0 saturated heterocycles. The van der Waals surface area contributed by atoms with Gasteiger partial charge in [-0.05, 0) is 39.0 Å². The third-order valence-electron chi connectivity index (χ3n) is 3.16. The first kappa shape index (κ1) is 11.1. The summed E-state index contributed by atoms with van der Waals surface area (Å²) in [5, 5.41) is 4.86. The lowest BCUT2D eigenvalue weighted by Gasteiger charge is -2.15. The van der Waals surface area contributed by atoms with Gasteiger partial charge in [0.25, 0.3) is 0 Å². The van der Waals surface area contributed by atoms with Gasteiger partial charge in [0.1, 0.15) is 0 Å². The van der Waals surface area contributed by atoms with Crippen molar-refractivity contribution in [1.82, 2.24) is 10.3 Å². The lowest BCUT2D eigenvalue weighted by molar-refractivity contribution is 0.450. The zero-order valence-electron chi connectivity index (χ0n) is 9.84. The summed E-state index contributed by atoms with van der Waals surface area (Å²) in [6.07, 6.45) is 4.10. The quantitative estimate of drug-likeness (QED) is 0.831. The van der Waals surface area contributed by atoms with Crippen LogP contribution in [0.15, 0.2) is 0 Å². The molecule has 1 aromatic rings. The molecule has 84 valence electrons. The predicted octanol–water partition coefficient (Wildman–Crippen LogP) is 3.04. The van der Waals surface area contributed by atoms with Gasteiger partial charge in [0.05, 0.1) is 10.7 Å². The van der Waals surface area contributed by atoms with E-state index in [1.54, 1.807) is 0 Å². The van der Waals surface area contributed by atoms with Gasteiger partial charge in [-0.3, -0.25) is 0 Å². The average Bonchev–Trinajstić information content (AvgIpc) is 2.96. The Morgan fingerprint density at radius 2 is 2.20 bits per heavy atom. The minimum Gasteiger partial charge on any atom is -0.309 e. The molecule has 1 saturated carbocycles. The van der Waals surface area contributed by atoms with Crippen molar-refractivity contribution in [2.75, 3.05) is 0 Å². The van der Waals surface area contributed by atoms with Gasteiger partial charge in [-0.2, -0.15) is 0 Å². The van der Waals surface area contributed by atoms with Crippen LogP contribution in [0.25, 0.3) is 0 Å². The average molecular weight is 224 g/mol. The lowest BCUT2D eigenvalue weighted by atomic mass is 10.1. The Morgan fingerprint density at radius 1 is 1.47 bits per heavy atom. The number of thiazole rings is 1. The summed E-state index contributed by atoms with van der Waals surface area (Å²) >= 11 is 1.83. The molecule has 0 bridgehead atoms. The minimum absolute atomic E-state index is 0.729. The number of nitrogens with zero attached hydrogens (tertiary/aromatic N) is 1. The monoisotopic (exact) mass is 224 g/mol. The Morgan fingerprint density at radius 3 is 2.67 bits per heavy atom. The molecule has 2 rings (SSSR count). The van der Waals surface area contributed by atoms with Gasteiger partial charge in [-0.1, -0.05) is 6.92 Å². The number of aryl methyl sites for hydroxylation is 2. The highest BCUT2D eigenvalue weighted by atomic mass is 32.1. The van der Waals surface area contributed by atoms with E-state index in [1.165, 1.54) is 34.8 Å². The first-order valence-corrected chi connectivity index (χ1v) is 6.68. The molecule has 0 aromatic carbocycles. The van der Waals surface area contributed by atoms with Crippen LogP contribution >= 0.6 is 11.3 Å². The van der Waals surface area contributed by atoms with Crippen molar-refractivity contribution in [2.45, 2.75) is 52.6 Å². The number of hydrogen-bond acceptors (Lipinski definition) is 3. The van der Waals surface area contributed by atoms with Crippen molar-refractivity contribution in [2.24, 2.45) is 5.92 Å². The maximum absolute atomic E-state index is 4.45. The van der Waals surface area contributed by atoms with Crippen LogP contribution in [-0.4, -0.2) is 11.0 Å². The molecular weight excluding hydrogens is 204 g/mol. The van der Waals surface area contributed by atoms with Crippen molar-refractivity contribution in [3.05, 3.63) is 15.6 Å². The van der Waals surface area contributed by atoms with E-state index < -0.39 is 0 Å². The van der Waals surface area contributed by atoms with Gasteiger partial charge in [0.2, 0.25) is 0 Å². The summed E-state index contributed by atoms with van der Waals surface area (Å²) in [5.41, 5.74) is 1.20. The molecular formula is C12H20N2S. The SMILES string of the molecule is CCC(NCc1sc(C)nc1C)C1CC1. The first-order chi connectivity index (χ1) is 7.20. The molecule has 1 N–H and O–H groups in total. The molecule has 0 spiro atoms. The Hall–Kier alpha value is -0.410. The molecule has 3 heteroatoms. The van der Waals surface area contributed by atoms with Crippen molar-refractivity contribution in [1.29, 1.82) is 0 Å². The standard InChI is InChI=1S/C12H20N2S/c1-4-11(10-5-6-10)13-7-12-8(2)14-9(3)15-12/h10-11,13H,4-7H2,1-3H3. The number of rotatable bonds is 5. The van der Waals surface area contributed by atoms with E-state index in [2.05, 4.69) is 31.1 Å². The highest BCUT2D eigenvalue weighted by Crippen LogP contribution is 2.34. The molecule has 15 heavy (non-hydrogen) atoms. The minimum atomic E-state index is 0.729. The third kappa shape index (κ3) is 2.79. The summed E-state index contributed by atoms with van der Waals surface area (Å²) in [5.74, 6) is 0.948. The van der Waals surface area contributed by atoms with Gasteiger partial charge in [-0.25, -0.2) is 4.98 Å². The van der Waals surface area contributed by atoms with E-state index in [0.717, 1.165) is 18.5 Å². The van der Waals surface area contributed by atoms with Crippen LogP contribution in [0.3, 0.4) is 0 Å². The molecule has 1 unspecified atom stereocenters. The Balaban J connectivity index is 1.88. The van der Waals surface area contributed by atoms with Crippen molar-refractivity contribution in [3.63, 3.8) is 0 Å². The van der Waals surface area contributed by atoms with E-state index in [9.17, 15) is 0 Å². The normalized spacial score (nSPS) is 18.1. The fraction of sp³-hybridized carbons (Fsp3) is 0.750. The van der Waals surface area contributed by atoms with E-state index >= 15 is 0 Å². The summed E-state index contributed by atoms with van der Waals surface area (Å²) in [7, 11) is 0. The van der Waals surface area contributed by atoms with Gasteiger partial charge in [0.15, 0.2) is 0 Å². The van der Waals surface area contributed by atoms with Crippen molar-refractivity contribution < 1.29 is 0 Å². The van der Waals surface area contributed by atoms with Crippen LogP contribution in [0, 0.1) is 19.8 Å². The number of aromatic nitrogens is 1. The topological polar surface area (TPSA) is 24.9 Å². The van der Waals surface area contributed by atoms with Crippen molar-refractivity contribution >= 4 is 11.3 Å². The molecule has 1 heterocycles. The van der Waals surface area contributed by atoms with E-state index in [4.69, 9.17) is 0 Å². The lowest BCUT2D eigenvalue weighted by Crippen LogP contribution is -2.29. The van der Waals surface area contributed by atoms with Crippen LogP contribution in [0.5, 0.6) is 0 Å². The second-order valence-electron chi connectivity index (χ2n) is 4.47. The first-order valence-electron chi connectivity index (χ1n) is 5.87. The summed E-state index contributed by atoms with van der Waals surface area (Å²) in [4.78, 5) is 5.86. The fourth-order valence-electron chi connectivity index (χ4n) is 2.10. The number of nitrogens with one attached hydrogen (secondary N) is 1. The Kier molecular flexibility index (Phi) is 3.42. The van der Waals surface area contributed by atoms with E-state index in [-0.39, 0.29) is 0 Å². The fourth-order valence-corrected chi connectivity index (χ4v) is 2.99. The largest absolute Gasteiger partial charge is 0.309 e. The molecule has 0 aliphatic heterocycles. The molecule has 1 aliphatic carbocycles. The summed E-state index contributed by atoms with van der Waals surface area (Å²) in [6, 6.07) is 0.729. The molecule has 0 radical (unpaired) electrons. The molecule has 1 atom stereocenters. The Bertz CT molecular complexity index is 328. The number of hydrogen-bond donors (Lipinski definition) is 1. The molecule has 0 amide bonds. The second-order valence-corrected chi connectivity index (χ2v) is 5.76. The maximum Gasteiger partial charge on any atom is 0.0900 e. The Labute approximate surface area is 96.1 Å². The van der Waals surface area contributed by atoms with Gasteiger partial charge >= 0.3 is 0 Å². The van der Waals surface area contributed by atoms with Gasteiger partial charge < -0.3 is 5.32 Å². The summed E-state index contributed by atoms with van der Waals surface area (Å²) in [6.45, 7) is 7.48. The summed E-state index contributed by atoms with van der Waals surface area (Å²) < 4.78 is 0. The van der Waals surface area contributed by atoms with Crippen LogP contribution in [0.2, 0.25) is 0 Å².